The standard InChI is InChI=1S/C27H28N2O5S/c1-17(30)13-14-33-27-12-11-24(19(3)28-27)23-6-4-5-21(18(23)2)16-34-22-9-7-20(8-10-22)25-15-26(31)29-35(25)32/h4-12,15,17,30H,13-14,16H2,1-3H3,(H,29,31)/t17-,35?/m0/s1. The molecule has 2 heterocycles. The number of aromatic nitrogens is 2. The summed E-state index contributed by atoms with van der Waals surface area (Å²) in [7, 11) is -1.58. The molecular formula is C27H28N2O5S. The highest BCUT2D eigenvalue weighted by Gasteiger charge is 2.15. The number of hydrogen-bond donors (Lipinski definition) is 2. The van der Waals surface area contributed by atoms with Crippen molar-refractivity contribution in [3.63, 3.8) is 0 Å². The fraction of sp³-hybridized carbons (Fsp3) is 0.259. The topological polar surface area (TPSA) is 108 Å². The summed E-state index contributed by atoms with van der Waals surface area (Å²) < 4.78 is 27.2. The monoisotopic (exact) mass is 492 g/mol. The van der Waals surface area contributed by atoms with Crippen LogP contribution in [0.15, 0.2) is 60.7 Å². The van der Waals surface area contributed by atoms with Crippen molar-refractivity contribution in [2.45, 2.75) is 39.9 Å². The van der Waals surface area contributed by atoms with E-state index >= 15 is 0 Å². The van der Waals surface area contributed by atoms with Gasteiger partial charge >= 0.3 is 0 Å². The third kappa shape index (κ3) is 5.97. The molecule has 35 heavy (non-hydrogen) atoms. The van der Waals surface area contributed by atoms with E-state index in [1.54, 1.807) is 19.1 Å². The first-order chi connectivity index (χ1) is 16.8. The van der Waals surface area contributed by atoms with Crippen LogP contribution in [0.4, 0.5) is 0 Å². The van der Waals surface area contributed by atoms with Crippen molar-refractivity contribution in [2.24, 2.45) is 0 Å². The van der Waals surface area contributed by atoms with Crippen LogP contribution in [-0.4, -0.2) is 36.8 Å². The molecule has 0 aliphatic heterocycles. The predicted molar refractivity (Wildman–Crippen MR) is 135 cm³/mol. The predicted octanol–water partition coefficient (Wildman–Crippen LogP) is 5.59. The van der Waals surface area contributed by atoms with E-state index in [9.17, 15) is 14.8 Å². The van der Waals surface area contributed by atoms with Crippen molar-refractivity contribution in [3.05, 3.63) is 77.5 Å². The fourth-order valence-electron chi connectivity index (χ4n) is 3.76. The highest BCUT2D eigenvalue weighted by molar-refractivity contribution is 7.23. The molecule has 0 bridgehead atoms. The lowest BCUT2D eigenvalue weighted by atomic mass is 9.96. The second kappa shape index (κ2) is 10.9. The minimum atomic E-state index is -1.58. The molecular weight excluding hydrogens is 464 g/mol. The lowest BCUT2D eigenvalue weighted by Crippen LogP contribution is -2.08. The molecule has 2 N–H and O–H groups in total. The molecule has 0 aliphatic carbocycles. The number of pyridine rings is 1. The fourth-order valence-corrected chi connectivity index (χ4v) is 4.62. The van der Waals surface area contributed by atoms with Gasteiger partial charge < -0.3 is 24.2 Å². The second-order valence-corrected chi connectivity index (χ2v) is 9.50. The maximum Gasteiger partial charge on any atom is 0.270 e. The maximum atomic E-state index is 11.9. The van der Waals surface area contributed by atoms with Crippen molar-refractivity contribution in [3.8, 4) is 39.1 Å². The van der Waals surface area contributed by atoms with Gasteiger partial charge in [-0.15, -0.1) is 0 Å². The Balaban J connectivity index is 1.45. The minimum absolute atomic E-state index is 0.224. The van der Waals surface area contributed by atoms with E-state index in [0.717, 1.165) is 33.5 Å². The van der Waals surface area contributed by atoms with E-state index < -0.39 is 17.1 Å². The zero-order valence-corrected chi connectivity index (χ0v) is 20.7. The van der Waals surface area contributed by atoms with E-state index in [1.165, 1.54) is 6.07 Å². The van der Waals surface area contributed by atoms with Crippen LogP contribution in [0.1, 0.15) is 30.2 Å². The molecule has 2 aromatic heterocycles. The van der Waals surface area contributed by atoms with Crippen LogP contribution in [0, 0.1) is 13.8 Å². The number of nitrogens with zero attached hydrogens (tertiary/aromatic N) is 2. The van der Waals surface area contributed by atoms with E-state index in [-0.39, 0.29) is 5.88 Å². The van der Waals surface area contributed by atoms with E-state index in [1.807, 2.05) is 43.3 Å². The molecule has 1 unspecified atom stereocenters. The van der Waals surface area contributed by atoms with Gasteiger partial charge in [-0.05, 0) is 67.8 Å². The van der Waals surface area contributed by atoms with Crippen molar-refractivity contribution < 1.29 is 24.2 Å². The van der Waals surface area contributed by atoms with Gasteiger partial charge in [0.15, 0.2) is 0 Å². The number of aryl methyl sites for hydroxylation is 1. The maximum absolute atomic E-state index is 11.9. The first-order valence-electron chi connectivity index (χ1n) is 11.3. The Morgan fingerprint density at radius 3 is 2.43 bits per heavy atom. The highest BCUT2D eigenvalue weighted by atomic mass is 32.2. The van der Waals surface area contributed by atoms with E-state index in [0.29, 0.717) is 36.1 Å². The summed E-state index contributed by atoms with van der Waals surface area (Å²) in [6.07, 6.45) is 0.155. The summed E-state index contributed by atoms with van der Waals surface area (Å²) in [6.45, 7) is 6.57. The molecule has 0 aliphatic rings. The molecule has 0 fully saturated rings. The highest BCUT2D eigenvalue weighted by Crippen LogP contribution is 2.34. The van der Waals surface area contributed by atoms with Crippen LogP contribution in [-0.2, 0) is 6.61 Å². The molecule has 0 radical (unpaired) electrons. The van der Waals surface area contributed by atoms with Crippen LogP contribution >= 0.6 is 10.9 Å². The summed E-state index contributed by atoms with van der Waals surface area (Å²) in [6, 6.07) is 18.6. The smallest absolute Gasteiger partial charge is 0.270 e. The Morgan fingerprint density at radius 1 is 1.00 bits per heavy atom. The summed E-state index contributed by atoms with van der Waals surface area (Å²) in [5, 5.41) is 18.8. The van der Waals surface area contributed by atoms with E-state index in [4.69, 9.17) is 9.47 Å². The number of aromatic hydroxyl groups is 1. The van der Waals surface area contributed by atoms with Gasteiger partial charge in [-0.2, -0.15) is 0 Å². The van der Waals surface area contributed by atoms with Gasteiger partial charge in [0.25, 0.3) is 5.88 Å². The van der Waals surface area contributed by atoms with E-state index in [2.05, 4.69) is 22.3 Å². The lowest BCUT2D eigenvalue weighted by Gasteiger charge is -2.15. The van der Waals surface area contributed by atoms with Gasteiger partial charge in [-0.3, -0.25) is 0 Å². The summed E-state index contributed by atoms with van der Waals surface area (Å²) in [5.74, 6) is 1.01. The number of ether oxygens (including phenoxy) is 2. The molecule has 182 valence electrons. The van der Waals surface area contributed by atoms with Crippen LogP contribution < -0.4 is 9.47 Å². The normalized spacial score (nSPS) is 12.4. The summed E-state index contributed by atoms with van der Waals surface area (Å²) >= 11 is 0. The van der Waals surface area contributed by atoms with Crippen LogP contribution in [0.3, 0.4) is 0 Å². The van der Waals surface area contributed by atoms with Gasteiger partial charge in [0, 0.05) is 33.7 Å². The van der Waals surface area contributed by atoms with Crippen molar-refractivity contribution in [2.75, 3.05) is 6.61 Å². The quantitative estimate of drug-likeness (QED) is 0.293. The van der Waals surface area contributed by atoms with Gasteiger partial charge in [-0.25, -0.2) is 4.98 Å². The summed E-state index contributed by atoms with van der Waals surface area (Å²) in [4.78, 5) is 5.05. The number of hydrogen-bond acceptors (Lipinski definition) is 7. The second-order valence-electron chi connectivity index (χ2n) is 8.38. The third-order valence-electron chi connectivity index (χ3n) is 5.74. The van der Waals surface area contributed by atoms with Gasteiger partial charge in [0.1, 0.15) is 12.4 Å². The molecule has 4 aromatic rings. The van der Waals surface area contributed by atoms with Crippen molar-refractivity contribution in [1.29, 1.82) is 0 Å². The van der Waals surface area contributed by atoms with Crippen LogP contribution in [0.2, 0.25) is 0 Å². The Labute approximate surface area is 207 Å². The molecule has 0 spiro atoms. The molecule has 7 nitrogen and oxygen atoms in total. The van der Waals surface area contributed by atoms with Crippen LogP contribution in [0.25, 0.3) is 21.6 Å². The number of benzene rings is 2. The first kappa shape index (κ1) is 24.7. The number of rotatable bonds is 9. The number of aliphatic hydroxyl groups excluding tert-OH is 1. The summed E-state index contributed by atoms with van der Waals surface area (Å²) in [5.41, 5.74) is 5.86. The molecule has 2 atom stereocenters. The molecule has 0 saturated heterocycles. The first-order valence-corrected chi connectivity index (χ1v) is 12.4. The Hall–Kier alpha value is -3.46. The molecule has 2 aromatic carbocycles. The molecule has 0 amide bonds. The zero-order valence-electron chi connectivity index (χ0n) is 19.9. The van der Waals surface area contributed by atoms with Gasteiger partial charge in [0.2, 0.25) is 10.8 Å². The average Bonchev–Trinajstić information content (AvgIpc) is 3.17. The van der Waals surface area contributed by atoms with Crippen LogP contribution in [0.5, 0.6) is 17.5 Å². The Morgan fingerprint density at radius 2 is 1.77 bits per heavy atom. The number of aliphatic hydroxyl groups is 1. The molecule has 4 rings (SSSR count). The van der Waals surface area contributed by atoms with Gasteiger partial charge in [0.05, 0.1) is 29.7 Å². The molecule has 8 heteroatoms. The average molecular weight is 493 g/mol. The minimum Gasteiger partial charge on any atom is -0.568 e. The van der Waals surface area contributed by atoms with Crippen molar-refractivity contribution >= 4 is 10.9 Å². The third-order valence-corrected chi connectivity index (χ3v) is 6.82. The molecule has 0 saturated carbocycles. The SMILES string of the molecule is Cc1nc(OCC[C@H](C)O)ccc1-c1cccc(COc2ccc(-c3cc(O)n[s+]3[O-])cc2)c1C. The lowest BCUT2D eigenvalue weighted by molar-refractivity contribution is 0.154. The van der Waals surface area contributed by atoms with Gasteiger partial charge in [-0.1, -0.05) is 18.2 Å². The largest absolute Gasteiger partial charge is 0.568 e. The van der Waals surface area contributed by atoms with Crippen molar-refractivity contribution in [1.82, 2.24) is 9.36 Å². The Bertz CT molecular complexity index is 1300. The zero-order chi connectivity index (χ0) is 24.9. The Kier molecular flexibility index (Phi) is 7.65.